The average molecular weight is 573 g/mol. The summed E-state index contributed by atoms with van der Waals surface area (Å²) >= 11 is 2.08. The molecule has 1 heterocycles. The molecule has 0 spiro atoms. The summed E-state index contributed by atoms with van der Waals surface area (Å²) in [6, 6.07) is 12.3. The molecule has 1 aromatic heterocycles. The fraction of sp³-hybridized carbons (Fsp3) is 0.217. The highest BCUT2D eigenvalue weighted by Crippen LogP contribution is 2.33. The van der Waals surface area contributed by atoms with Gasteiger partial charge in [-0.1, -0.05) is 12.1 Å². The molecule has 0 radical (unpaired) electrons. The number of carbonyl (C=O) groups is 1. The van der Waals surface area contributed by atoms with Gasteiger partial charge in [-0.25, -0.2) is 4.79 Å². The summed E-state index contributed by atoms with van der Waals surface area (Å²) in [5.41, 5.74) is 3.14. The number of aryl methyl sites for hydroxylation is 2. The van der Waals surface area contributed by atoms with Crippen LogP contribution in [0, 0.1) is 17.4 Å². The molecule has 0 fully saturated rings. The second-order valence-corrected chi connectivity index (χ2v) is 7.98. The van der Waals surface area contributed by atoms with Gasteiger partial charge in [0, 0.05) is 17.7 Å². The predicted octanol–water partition coefficient (Wildman–Crippen LogP) is 6.73. The van der Waals surface area contributed by atoms with Gasteiger partial charge in [0.25, 0.3) is 0 Å². The Bertz CT molecular complexity index is 1130. The molecule has 0 saturated heterocycles. The van der Waals surface area contributed by atoms with E-state index in [-0.39, 0.29) is 5.75 Å². The van der Waals surface area contributed by atoms with Gasteiger partial charge in [0.1, 0.15) is 17.2 Å². The maximum absolute atomic E-state index is 12.3. The number of carbonyl (C=O) groups excluding carboxylic acids is 1. The molecule has 0 aliphatic heterocycles. The lowest BCUT2D eigenvalue weighted by atomic mass is 10.0. The predicted molar refractivity (Wildman–Crippen MR) is 122 cm³/mol. The van der Waals surface area contributed by atoms with Crippen molar-refractivity contribution in [2.45, 2.75) is 26.6 Å². The van der Waals surface area contributed by atoms with Gasteiger partial charge in [-0.3, -0.25) is 4.98 Å². The van der Waals surface area contributed by atoms with Crippen LogP contribution in [-0.2, 0) is 11.2 Å². The molecule has 0 bridgehead atoms. The number of pyridine rings is 1. The number of hydrogen-bond acceptors (Lipinski definition) is 6. The van der Waals surface area contributed by atoms with Crippen molar-refractivity contribution in [1.29, 1.82) is 0 Å². The average Bonchev–Trinajstić information content (AvgIpc) is 2.76. The Hall–Kier alpha value is -3.02. The normalized spacial score (nSPS) is 11.1. The standard InChI is InChI=1S/C23H19F3INO5/c1-13-19(21(32-22(29)30-3)20(27)14(2)28-13)12-15-4-6-16(7-5-15)31-17-8-10-18(11-9-17)33-23(24,25)26/h4-11H,12H2,1-3H3. The van der Waals surface area contributed by atoms with Gasteiger partial charge in [-0.15, -0.1) is 13.2 Å². The highest BCUT2D eigenvalue weighted by Gasteiger charge is 2.31. The molecule has 0 saturated carbocycles. The smallest absolute Gasteiger partial charge is 0.457 e. The van der Waals surface area contributed by atoms with Crippen molar-refractivity contribution in [3.05, 3.63) is 74.6 Å². The fourth-order valence-corrected chi connectivity index (χ4v) is 3.55. The van der Waals surface area contributed by atoms with Crippen LogP contribution in [0.2, 0.25) is 0 Å². The minimum Gasteiger partial charge on any atom is -0.457 e. The molecule has 0 atom stereocenters. The monoisotopic (exact) mass is 573 g/mol. The van der Waals surface area contributed by atoms with Gasteiger partial charge in [0.2, 0.25) is 0 Å². The molecule has 0 unspecified atom stereocenters. The summed E-state index contributed by atoms with van der Waals surface area (Å²) < 4.78 is 57.1. The first kappa shape index (κ1) is 24.6. The third-order valence-electron chi connectivity index (χ3n) is 4.51. The van der Waals surface area contributed by atoms with E-state index in [1.54, 1.807) is 12.1 Å². The Kier molecular flexibility index (Phi) is 7.67. The first-order valence-electron chi connectivity index (χ1n) is 9.59. The first-order chi connectivity index (χ1) is 15.6. The van der Waals surface area contributed by atoms with Crippen molar-refractivity contribution in [1.82, 2.24) is 4.98 Å². The third kappa shape index (κ3) is 6.73. The van der Waals surface area contributed by atoms with E-state index in [1.807, 2.05) is 26.0 Å². The lowest BCUT2D eigenvalue weighted by Crippen LogP contribution is -2.16. The van der Waals surface area contributed by atoms with E-state index >= 15 is 0 Å². The summed E-state index contributed by atoms with van der Waals surface area (Å²) in [6.45, 7) is 3.67. The van der Waals surface area contributed by atoms with Gasteiger partial charge in [-0.2, -0.15) is 0 Å². The quantitative estimate of drug-likeness (QED) is 0.241. The molecule has 3 aromatic rings. The van der Waals surface area contributed by atoms with Crippen LogP contribution in [0.1, 0.15) is 22.5 Å². The van der Waals surface area contributed by atoms with Gasteiger partial charge >= 0.3 is 12.5 Å². The third-order valence-corrected chi connectivity index (χ3v) is 5.78. The number of halogens is 4. The summed E-state index contributed by atoms with van der Waals surface area (Å²) in [4.78, 5) is 16.2. The summed E-state index contributed by atoms with van der Waals surface area (Å²) in [7, 11) is 1.24. The van der Waals surface area contributed by atoms with Crippen LogP contribution in [-0.4, -0.2) is 24.6 Å². The van der Waals surface area contributed by atoms with Crippen LogP contribution >= 0.6 is 22.6 Å². The Labute approximate surface area is 201 Å². The minimum absolute atomic E-state index is 0.327. The number of methoxy groups -OCH3 is 1. The second-order valence-electron chi connectivity index (χ2n) is 6.90. The number of nitrogens with zero attached hydrogens (tertiary/aromatic N) is 1. The number of alkyl halides is 3. The van der Waals surface area contributed by atoms with Gasteiger partial charge in [-0.05, 0) is 78.4 Å². The Morgan fingerprint density at radius 1 is 0.939 bits per heavy atom. The zero-order chi connectivity index (χ0) is 24.2. The van der Waals surface area contributed by atoms with Gasteiger partial charge in [0.05, 0.1) is 16.4 Å². The molecule has 0 N–H and O–H groups in total. The van der Waals surface area contributed by atoms with E-state index in [0.717, 1.165) is 26.1 Å². The summed E-state index contributed by atoms with van der Waals surface area (Å²) in [6.07, 6.45) is -5.11. The van der Waals surface area contributed by atoms with E-state index in [0.29, 0.717) is 23.7 Å². The zero-order valence-electron chi connectivity index (χ0n) is 17.8. The Morgan fingerprint density at radius 2 is 1.48 bits per heavy atom. The van der Waals surface area contributed by atoms with Gasteiger partial charge in [0.15, 0.2) is 5.75 Å². The first-order valence-corrected chi connectivity index (χ1v) is 10.7. The van der Waals surface area contributed by atoms with E-state index in [1.165, 1.54) is 31.4 Å². The Balaban J connectivity index is 1.75. The van der Waals surface area contributed by atoms with Crippen LogP contribution in [0.3, 0.4) is 0 Å². The van der Waals surface area contributed by atoms with Crippen LogP contribution in [0.25, 0.3) is 0 Å². The molecular formula is C23H19F3INO5. The van der Waals surface area contributed by atoms with E-state index in [9.17, 15) is 18.0 Å². The van der Waals surface area contributed by atoms with E-state index in [2.05, 4.69) is 37.0 Å². The fourth-order valence-electron chi connectivity index (χ4n) is 2.99. The lowest BCUT2D eigenvalue weighted by molar-refractivity contribution is -0.274. The number of hydrogen-bond donors (Lipinski definition) is 0. The number of ether oxygens (including phenoxy) is 4. The highest BCUT2D eigenvalue weighted by atomic mass is 127. The van der Waals surface area contributed by atoms with Crippen molar-refractivity contribution >= 4 is 28.7 Å². The maximum Gasteiger partial charge on any atom is 0.573 e. The molecule has 2 aromatic carbocycles. The van der Waals surface area contributed by atoms with Crippen LogP contribution < -0.4 is 14.2 Å². The van der Waals surface area contributed by atoms with Crippen LogP contribution in [0.5, 0.6) is 23.0 Å². The van der Waals surface area contributed by atoms with Crippen LogP contribution in [0.4, 0.5) is 18.0 Å². The van der Waals surface area contributed by atoms with Crippen molar-refractivity contribution in [2.75, 3.05) is 7.11 Å². The largest absolute Gasteiger partial charge is 0.573 e. The van der Waals surface area contributed by atoms with E-state index in [4.69, 9.17) is 9.47 Å². The SMILES string of the molecule is COC(=O)Oc1c(I)c(C)nc(C)c1Cc1ccc(Oc2ccc(OC(F)(F)F)cc2)cc1. The molecule has 3 rings (SSSR count). The minimum atomic E-state index is -4.75. The van der Waals surface area contributed by atoms with Crippen LogP contribution in [0.15, 0.2) is 48.5 Å². The molecule has 10 heteroatoms. The van der Waals surface area contributed by atoms with Crippen molar-refractivity contribution in [2.24, 2.45) is 0 Å². The molecule has 33 heavy (non-hydrogen) atoms. The Morgan fingerprint density at radius 3 is 2.03 bits per heavy atom. The zero-order valence-corrected chi connectivity index (χ0v) is 20.0. The molecular weight excluding hydrogens is 554 g/mol. The lowest BCUT2D eigenvalue weighted by Gasteiger charge is -2.15. The highest BCUT2D eigenvalue weighted by molar-refractivity contribution is 14.1. The van der Waals surface area contributed by atoms with Crippen molar-refractivity contribution in [3.63, 3.8) is 0 Å². The topological polar surface area (TPSA) is 66.9 Å². The second kappa shape index (κ2) is 10.3. The van der Waals surface area contributed by atoms with Crippen molar-refractivity contribution in [3.8, 4) is 23.0 Å². The maximum atomic E-state index is 12.3. The number of benzene rings is 2. The molecule has 0 aliphatic rings. The van der Waals surface area contributed by atoms with Gasteiger partial charge < -0.3 is 18.9 Å². The summed E-state index contributed by atoms with van der Waals surface area (Å²) in [5.74, 6) is 0.947. The van der Waals surface area contributed by atoms with Crippen molar-refractivity contribution < 1.29 is 36.9 Å². The summed E-state index contributed by atoms with van der Waals surface area (Å²) in [5, 5.41) is 0. The molecule has 0 amide bonds. The number of aromatic nitrogens is 1. The molecule has 0 aliphatic carbocycles. The molecule has 174 valence electrons. The number of rotatable bonds is 6. The van der Waals surface area contributed by atoms with E-state index < -0.39 is 12.5 Å². The molecule has 6 nitrogen and oxygen atoms in total.